The number of anilines is 1. The molecule has 1 aliphatic rings. The van der Waals surface area contributed by atoms with Gasteiger partial charge in [0.25, 0.3) is 5.91 Å². The average Bonchev–Trinajstić information content (AvgIpc) is 2.85. The minimum Gasteiger partial charge on any atom is -0.399 e. The van der Waals surface area contributed by atoms with Gasteiger partial charge in [-0.1, -0.05) is 6.07 Å². The molecular formula is C15H18N4O. The first-order valence-electron chi connectivity index (χ1n) is 6.84. The van der Waals surface area contributed by atoms with E-state index in [1.807, 2.05) is 25.1 Å². The number of nitrogens with one attached hydrogen (secondary N) is 2. The highest BCUT2D eigenvalue weighted by atomic mass is 16.2. The minimum atomic E-state index is -0.135. The molecule has 3 rings (SSSR count). The normalized spacial score (nSPS) is 17.6. The number of hydrogen-bond donors (Lipinski definition) is 3. The van der Waals surface area contributed by atoms with Gasteiger partial charge in [0, 0.05) is 11.4 Å². The fraction of sp³-hybridized carbons (Fsp3) is 0.333. The number of benzene rings is 1. The van der Waals surface area contributed by atoms with Gasteiger partial charge < -0.3 is 11.1 Å². The summed E-state index contributed by atoms with van der Waals surface area (Å²) >= 11 is 0. The molecule has 104 valence electrons. The molecule has 1 atom stereocenters. The van der Waals surface area contributed by atoms with Gasteiger partial charge in [0.2, 0.25) is 0 Å². The lowest BCUT2D eigenvalue weighted by molar-refractivity contribution is 0.0927. The van der Waals surface area contributed by atoms with E-state index in [1.165, 1.54) is 11.1 Å². The molecule has 5 nitrogen and oxygen atoms in total. The number of carbonyl (C=O) groups is 1. The molecular weight excluding hydrogens is 252 g/mol. The fourth-order valence-corrected chi connectivity index (χ4v) is 2.75. The molecule has 4 N–H and O–H groups in total. The second-order valence-electron chi connectivity index (χ2n) is 5.31. The van der Waals surface area contributed by atoms with Gasteiger partial charge in [-0.15, -0.1) is 0 Å². The Labute approximate surface area is 117 Å². The number of nitrogens with two attached hydrogens (primary N) is 1. The number of carbonyl (C=O) groups excluding carboxylic acids is 1. The van der Waals surface area contributed by atoms with Crippen molar-refractivity contribution in [3.63, 3.8) is 0 Å². The molecule has 1 amide bonds. The van der Waals surface area contributed by atoms with Crippen LogP contribution in [0, 0.1) is 6.92 Å². The van der Waals surface area contributed by atoms with E-state index >= 15 is 0 Å². The van der Waals surface area contributed by atoms with E-state index in [0.29, 0.717) is 5.69 Å². The zero-order valence-corrected chi connectivity index (χ0v) is 11.4. The summed E-state index contributed by atoms with van der Waals surface area (Å²) in [7, 11) is 0. The predicted molar refractivity (Wildman–Crippen MR) is 77.3 cm³/mol. The molecule has 1 aliphatic carbocycles. The van der Waals surface area contributed by atoms with Gasteiger partial charge in [0.15, 0.2) is 0 Å². The molecule has 0 aliphatic heterocycles. The molecule has 1 aromatic carbocycles. The maximum absolute atomic E-state index is 12.2. The Hall–Kier alpha value is -2.30. The number of hydrogen-bond acceptors (Lipinski definition) is 3. The second-order valence-corrected chi connectivity index (χ2v) is 5.31. The third-order valence-corrected chi connectivity index (χ3v) is 3.73. The van der Waals surface area contributed by atoms with Gasteiger partial charge in [-0.2, -0.15) is 5.10 Å². The van der Waals surface area contributed by atoms with Crippen LogP contribution in [0.25, 0.3) is 0 Å². The molecule has 1 aromatic heterocycles. The van der Waals surface area contributed by atoms with Crippen LogP contribution in [0.1, 0.15) is 46.2 Å². The van der Waals surface area contributed by atoms with Crippen molar-refractivity contribution in [3.05, 3.63) is 46.8 Å². The van der Waals surface area contributed by atoms with Crippen molar-refractivity contribution >= 4 is 11.6 Å². The van der Waals surface area contributed by atoms with Crippen LogP contribution in [-0.2, 0) is 6.42 Å². The number of rotatable bonds is 2. The molecule has 0 radical (unpaired) electrons. The molecule has 0 fully saturated rings. The van der Waals surface area contributed by atoms with Crippen molar-refractivity contribution < 1.29 is 4.79 Å². The van der Waals surface area contributed by atoms with Crippen LogP contribution < -0.4 is 11.1 Å². The largest absolute Gasteiger partial charge is 0.399 e. The second kappa shape index (κ2) is 5.00. The quantitative estimate of drug-likeness (QED) is 0.731. The van der Waals surface area contributed by atoms with Gasteiger partial charge in [-0.3, -0.25) is 9.89 Å². The standard InChI is InChI=1S/C15H18N4O/c1-9-7-14(19-18-9)15(20)17-13-4-2-3-10-8-11(16)5-6-12(10)13/h5-8,13H,2-4,16H2,1H3,(H,17,20)(H,18,19). The summed E-state index contributed by atoms with van der Waals surface area (Å²) in [6, 6.07) is 7.71. The number of fused-ring (bicyclic) bond motifs is 1. The fourth-order valence-electron chi connectivity index (χ4n) is 2.75. The van der Waals surface area contributed by atoms with Gasteiger partial charge in [0.1, 0.15) is 5.69 Å². The maximum atomic E-state index is 12.2. The molecule has 0 bridgehead atoms. The molecule has 0 saturated carbocycles. The van der Waals surface area contributed by atoms with Crippen molar-refractivity contribution in [2.45, 2.75) is 32.2 Å². The lowest BCUT2D eigenvalue weighted by atomic mass is 9.87. The van der Waals surface area contributed by atoms with Gasteiger partial charge in [-0.25, -0.2) is 0 Å². The Morgan fingerprint density at radius 2 is 2.30 bits per heavy atom. The topological polar surface area (TPSA) is 83.8 Å². The number of nitrogen functional groups attached to an aromatic ring is 1. The summed E-state index contributed by atoms with van der Waals surface area (Å²) in [4.78, 5) is 12.2. The number of aryl methyl sites for hydroxylation is 2. The van der Waals surface area contributed by atoms with Crippen LogP contribution in [0.4, 0.5) is 5.69 Å². The molecule has 1 unspecified atom stereocenters. The molecule has 0 saturated heterocycles. The summed E-state index contributed by atoms with van der Waals surface area (Å²) < 4.78 is 0. The van der Waals surface area contributed by atoms with Crippen LogP contribution in [0.15, 0.2) is 24.3 Å². The average molecular weight is 270 g/mol. The van der Waals surface area contributed by atoms with Crippen molar-refractivity contribution in [3.8, 4) is 0 Å². The summed E-state index contributed by atoms with van der Waals surface area (Å²) in [5, 5.41) is 9.84. The van der Waals surface area contributed by atoms with E-state index in [4.69, 9.17) is 5.73 Å². The van der Waals surface area contributed by atoms with Crippen molar-refractivity contribution in [1.82, 2.24) is 15.5 Å². The van der Waals surface area contributed by atoms with Gasteiger partial charge in [0.05, 0.1) is 6.04 Å². The van der Waals surface area contributed by atoms with Crippen molar-refractivity contribution in [2.24, 2.45) is 0 Å². The number of aromatic amines is 1. The Balaban J connectivity index is 1.81. The molecule has 5 heteroatoms. The predicted octanol–water partition coefficient (Wildman–Crippen LogP) is 2.11. The van der Waals surface area contributed by atoms with Crippen LogP contribution in [0.5, 0.6) is 0 Å². The van der Waals surface area contributed by atoms with Crippen LogP contribution in [0.2, 0.25) is 0 Å². The Kier molecular flexibility index (Phi) is 3.18. The number of H-pyrrole nitrogens is 1. The van der Waals surface area contributed by atoms with E-state index in [-0.39, 0.29) is 11.9 Å². The van der Waals surface area contributed by atoms with Crippen LogP contribution >= 0.6 is 0 Å². The molecule has 20 heavy (non-hydrogen) atoms. The first kappa shape index (κ1) is 12.7. The van der Waals surface area contributed by atoms with Gasteiger partial charge >= 0.3 is 0 Å². The van der Waals surface area contributed by atoms with E-state index in [2.05, 4.69) is 15.5 Å². The zero-order valence-electron chi connectivity index (χ0n) is 11.4. The SMILES string of the molecule is Cc1cc(C(=O)NC2CCCc3cc(N)ccc32)n[nH]1. The van der Waals surface area contributed by atoms with Gasteiger partial charge in [-0.05, 0) is 55.5 Å². The first-order valence-corrected chi connectivity index (χ1v) is 6.84. The summed E-state index contributed by atoms with van der Waals surface area (Å²) in [6.45, 7) is 1.88. The van der Waals surface area contributed by atoms with E-state index in [9.17, 15) is 4.79 Å². The third kappa shape index (κ3) is 2.39. The lowest BCUT2D eigenvalue weighted by Crippen LogP contribution is -2.31. The van der Waals surface area contributed by atoms with Crippen molar-refractivity contribution in [2.75, 3.05) is 5.73 Å². The monoisotopic (exact) mass is 270 g/mol. The van der Waals surface area contributed by atoms with E-state index in [0.717, 1.165) is 30.6 Å². The number of amides is 1. The van der Waals surface area contributed by atoms with Crippen LogP contribution in [0.3, 0.4) is 0 Å². The third-order valence-electron chi connectivity index (χ3n) is 3.73. The van der Waals surface area contributed by atoms with E-state index in [1.54, 1.807) is 6.07 Å². The molecule has 2 aromatic rings. The zero-order chi connectivity index (χ0) is 14.1. The Morgan fingerprint density at radius 1 is 1.45 bits per heavy atom. The van der Waals surface area contributed by atoms with E-state index < -0.39 is 0 Å². The highest BCUT2D eigenvalue weighted by Gasteiger charge is 2.23. The Bertz CT molecular complexity index is 647. The smallest absolute Gasteiger partial charge is 0.272 e. The first-order chi connectivity index (χ1) is 9.63. The Morgan fingerprint density at radius 3 is 3.05 bits per heavy atom. The summed E-state index contributed by atoms with van der Waals surface area (Å²) in [5.41, 5.74) is 10.3. The molecule has 0 spiro atoms. The minimum absolute atomic E-state index is 0.0452. The summed E-state index contributed by atoms with van der Waals surface area (Å²) in [6.07, 6.45) is 3.03. The maximum Gasteiger partial charge on any atom is 0.272 e. The highest BCUT2D eigenvalue weighted by Crippen LogP contribution is 2.31. The summed E-state index contributed by atoms with van der Waals surface area (Å²) in [5.74, 6) is -0.135. The molecule has 1 heterocycles. The number of nitrogens with zero attached hydrogens (tertiary/aromatic N) is 1. The van der Waals surface area contributed by atoms with Crippen LogP contribution in [-0.4, -0.2) is 16.1 Å². The van der Waals surface area contributed by atoms with Crippen molar-refractivity contribution in [1.29, 1.82) is 0 Å². The lowest BCUT2D eigenvalue weighted by Gasteiger charge is -2.26. The highest BCUT2D eigenvalue weighted by molar-refractivity contribution is 5.92. The number of aromatic nitrogens is 2.